The molecule has 1 aromatic rings. The van der Waals surface area contributed by atoms with E-state index in [1.54, 1.807) is 7.11 Å². The van der Waals surface area contributed by atoms with E-state index in [-0.39, 0.29) is 28.3 Å². The number of hydrogen-bond acceptors (Lipinski definition) is 5. The van der Waals surface area contributed by atoms with Gasteiger partial charge in [-0.3, -0.25) is 0 Å². The number of fused-ring (bicyclic) bond motifs is 2. The molecule has 1 saturated heterocycles. The van der Waals surface area contributed by atoms with Crippen molar-refractivity contribution in [3.8, 4) is 11.5 Å². The molecule has 2 aliphatic heterocycles. The molecule has 0 radical (unpaired) electrons. The summed E-state index contributed by atoms with van der Waals surface area (Å²) in [4.78, 5) is 0. The second-order valence-electron chi connectivity index (χ2n) is 11.9. The van der Waals surface area contributed by atoms with Crippen molar-refractivity contribution in [2.75, 3.05) is 13.7 Å². The van der Waals surface area contributed by atoms with Gasteiger partial charge in [0.1, 0.15) is 11.7 Å². The molecule has 5 heteroatoms. The number of benzene rings is 1. The zero-order valence-electron chi connectivity index (χ0n) is 18.8. The van der Waals surface area contributed by atoms with Crippen molar-refractivity contribution in [2.24, 2.45) is 16.7 Å². The highest BCUT2D eigenvalue weighted by atomic mass is 16.5. The van der Waals surface area contributed by atoms with Crippen LogP contribution in [0.5, 0.6) is 11.5 Å². The summed E-state index contributed by atoms with van der Waals surface area (Å²) in [6.45, 7) is 9.12. The van der Waals surface area contributed by atoms with E-state index in [1.165, 1.54) is 11.1 Å². The first-order valence-electron chi connectivity index (χ1n) is 11.6. The Balaban J connectivity index is 1.63. The van der Waals surface area contributed by atoms with Gasteiger partial charge in [-0.1, -0.05) is 26.8 Å². The third-order valence-corrected chi connectivity index (χ3v) is 10.2. The maximum atomic E-state index is 12.4. The molecule has 2 spiro atoms. The highest BCUT2D eigenvalue weighted by Crippen LogP contribution is 2.76. The minimum absolute atomic E-state index is 0.00901. The lowest BCUT2D eigenvalue weighted by Gasteiger charge is -2.73. The van der Waals surface area contributed by atoms with Crippen LogP contribution in [-0.4, -0.2) is 47.2 Å². The highest BCUT2D eigenvalue weighted by Gasteiger charge is 2.81. The van der Waals surface area contributed by atoms with Crippen LogP contribution in [-0.2, 0) is 11.8 Å². The Hall–Kier alpha value is -1.30. The number of ether oxygens (including phenoxy) is 2. The zero-order valence-corrected chi connectivity index (χ0v) is 18.8. The maximum absolute atomic E-state index is 12.4. The van der Waals surface area contributed by atoms with Crippen LogP contribution in [0.4, 0.5) is 0 Å². The number of piperidine rings is 1. The minimum atomic E-state index is -1.06. The van der Waals surface area contributed by atoms with Crippen molar-refractivity contribution < 1.29 is 19.7 Å². The van der Waals surface area contributed by atoms with E-state index in [0.29, 0.717) is 12.5 Å². The second kappa shape index (κ2) is 5.36. The summed E-state index contributed by atoms with van der Waals surface area (Å²) < 4.78 is 12.5. The number of nitrogens with one attached hydrogen (secondary N) is 1. The Kier molecular flexibility index (Phi) is 3.46. The summed E-state index contributed by atoms with van der Waals surface area (Å²) in [6.07, 6.45) is 4.11. The van der Waals surface area contributed by atoms with Gasteiger partial charge in [-0.25, -0.2) is 0 Å². The van der Waals surface area contributed by atoms with Crippen LogP contribution < -0.4 is 14.8 Å². The van der Waals surface area contributed by atoms with Gasteiger partial charge in [-0.05, 0) is 62.6 Å². The van der Waals surface area contributed by atoms with Gasteiger partial charge in [-0.15, -0.1) is 0 Å². The van der Waals surface area contributed by atoms with E-state index in [0.717, 1.165) is 43.7 Å². The molecule has 30 heavy (non-hydrogen) atoms. The Morgan fingerprint density at radius 3 is 2.63 bits per heavy atom. The Morgan fingerprint density at radius 2 is 1.93 bits per heavy atom. The van der Waals surface area contributed by atoms with Crippen LogP contribution in [0, 0.1) is 16.7 Å². The Bertz CT molecular complexity index is 936. The van der Waals surface area contributed by atoms with E-state index in [4.69, 9.17) is 9.47 Å². The van der Waals surface area contributed by atoms with Crippen molar-refractivity contribution >= 4 is 0 Å². The lowest BCUT2D eigenvalue weighted by atomic mass is 9.33. The van der Waals surface area contributed by atoms with Gasteiger partial charge in [-0.2, -0.15) is 0 Å². The minimum Gasteiger partial charge on any atom is -0.493 e. The summed E-state index contributed by atoms with van der Waals surface area (Å²) in [6, 6.07) is 4.57. The molecule has 7 rings (SSSR count). The van der Waals surface area contributed by atoms with E-state index in [9.17, 15) is 10.2 Å². The highest BCUT2D eigenvalue weighted by molar-refractivity contribution is 5.63. The van der Waals surface area contributed by atoms with Crippen LogP contribution in [0.3, 0.4) is 0 Å². The molecule has 7 atom stereocenters. The molecular formula is C25H35NO4. The first-order chi connectivity index (χ1) is 14.0. The van der Waals surface area contributed by atoms with E-state index < -0.39 is 11.2 Å². The van der Waals surface area contributed by atoms with Gasteiger partial charge in [0.2, 0.25) is 0 Å². The predicted molar refractivity (Wildman–Crippen MR) is 114 cm³/mol. The smallest absolute Gasteiger partial charge is 0.165 e. The van der Waals surface area contributed by atoms with E-state index in [2.05, 4.69) is 32.2 Å². The fourth-order valence-corrected chi connectivity index (χ4v) is 8.36. The van der Waals surface area contributed by atoms with Crippen molar-refractivity contribution in [1.82, 2.24) is 5.32 Å². The summed E-state index contributed by atoms with van der Waals surface area (Å²) in [5.41, 5.74) is 0.0262. The lowest BCUT2D eigenvalue weighted by molar-refractivity contribution is -0.295. The van der Waals surface area contributed by atoms with E-state index >= 15 is 0 Å². The average molecular weight is 414 g/mol. The Labute approximate surface area is 179 Å². The van der Waals surface area contributed by atoms with Crippen LogP contribution in [0.2, 0.25) is 0 Å². The predicted octanol–water partition coefficient (Wildman–Crippen LogP) is 2.94. The molecule has 0 aromatic heterocycles. The van der Waals surface area contributed by atoms with Crippen LogP contribution >= 0.6 is 0 Å². The quantitative estimate of drug-likeness (QED) is 0.695. The molecule has 1 aromatic carbocycles. The monoisotopic (exact) mass is 413 g/mol. The maximum Gasteiger partial charge on any atom is 0.165 e. The van der Waals surface area contributed by atoms with Crippen molar-refractivity contribution in [3.05, 3.63) is 23.3 Å². The van der Waals surface area contributed by atoms with Crippen molar-refractivity contribution in [3.63, 3.8) is 0 Å². The van der Waals surface area contributed by atoms with Crippen molar-refractivity contribution in [1.29, 1.82) is 0 Å². The first kappa shape index (κ1) is 19.4. The summed E-state index contributed by atoms with van der Waals surface area (Å²) in [7, 11) is 1.70. The van der Waals surface area contributed by atoms with Gasteiger partial charge in [0, 0.05) is 28.4 Å². The molecular weight excluding hydrogens is 378 g/mol. The first-order valence-corrected chi connectivity index (χ1v) is 11.6. The van der Waals surface area contributed by atoms with Crippen LogP contribution in [0.1, 0.15) is 64.5 Å². The van der Waals surface area contributed by atoms with Gasteiger partial charge in [0.25, 0.3) is 0 Å². The topological polar surface area (TPSA) is 71.0 Å². The standard InChI is InChI=1S/C25H35NO4/c1-21(2,3)22(4,27)16-13-23-8-9-25(16,28)20-24(23)10-11-26-17(23)12-14-6-7-15(29-5)19(30-20)18(14)24/h6-7,16-17,20,26-28H,8-13H2,1-5H3/t16-,17-,20+,22+,23-,24+,25-/m1/s1. The van der Waals surface area contributed by atoms with Gasteiger partial charge in [0.05, 0.1) is 12.7 Å². The van der Waals surface area contributed by atoms with E-state index in [1.807, 2.05) is 13.0 Å². The SMILES string of the molecule is COc1ccc2c3c1O[C@@H]1[C@@]4(O)CC[C@@]5(C[C@@H]4[C@](C)(O)C(C)(C)C)[C@@H](C2)NCC[C@]315. The van der Waals surface area contributed by atoms with Gasteiger partial charge in [0.15, 0.2) is 11.5 Å². The van der Waals surface area contributed by atoms with Crippen molar-refractivity contribution in [2.45, 2.75) is 88.6 Å². The summed E-state index contributed by atoms with van der Waals surface area (Å²) >= 11 is 0. The van der Waals surface area contributed by atoms with Crippen LogP contribution in [0.15, 0.2) is 12.1 Å². The molecule has 164 valence electrons. The normalized spacial score (nSPS) is 44.8. The fraction of sp³-hybridized carbons (Fsp3) is 0.760. The number of methoxy groups -OCH3 is 1. The molecule has 0 amide bonds. The summed E-state index contributed by atoms with van der Waals surface area (Å²) in [5.74, 6) is 1.38. The molecule has 0 unspecified atom stereocenters. The van der Waals surface area contributed by atoms with Gasteiger partial charge < -0.3 is 25.0 Å². The molecule has 4 aliphatic carbocycles. The number of hydrogen-bond donors (Lipinski definition) is 3. The fourth-order valence-electron chi connectivity index (χ4n) is 8.36. The molecule has 5 nitrogen and oxygen atoms in total. The number of aliphatic hydroxyl groups is 2. The van der Waals surface area contributed by atoms with Gasteiger partial charge >= 0.3 is 0 Å². The average Bonchev–Trinajstić information content (AvgIpc) is 3.03. The lowest BCUT2D eigenvalue weighted by Crippen LogP contribution is -2.82. The Morgan fingerprint density at radius 1 is 1.17 bits per heavy atom. The molecule has 3 saturated carbocycles. The third kappa shape index (κ3) is 1.81. The molecule has 4 bridgehead atoms. The zero-order chi connectivity index (χ0) is 21.3. The summed E-state index contributed by atoms with van der Waals surface area (Å²) in [5, 5.41) is 28.0. The largest absolute Gasteiger partial charge is 0.493 e. The third-order valence-electron chi connectivity index (χ3n) is 10.2. The molecule has 6 aliphatic rings. The second-order valence-corrected chi connectivity index (χ2v) is 11.9. The molecule has 4 fully saturated rings. The molecule has 2 heterocycles. The molecule has 3 N–H and O–H groups in total. The van der Waals surface area contributed by atoms with Crippen LogP contribution in [0.25, 0.3) is 0 Å². The number of rotatable bonds is 2.